The summed E-state index contributed by atoms with van der Waals surface area (Å²) in [7, 11) is -0.750. The maximum absolute atomic E-state index is 7.12. The van der Waals surface area contributed by atoms with Crippen molar-refractivity contribution in [2.24, 2.45) is 0 Å². The molecule has 2 N–H and O–H groups in total. The van der Waals surface area contributed by atoms with Crippen LogP contribution in [0.3, 0.4) is 0 Å². The standard InChI is InChI=1S/C8H11N3.BH3O2/c1-2-7-11(6-1)8-9-4-3-5-10-8;2-1-3/h3-5H,1-2,6-7H2;1-3H. The first kappa shape index (κ1) is 10.9. The van der Waals surface area contributed by atoms with Crippen LogP contribution in [-0.4, -0.2) is 40.8 Å². The van der Waals surface area contributed by atoms with Gasteiger partial charge in [0.15, 0.2) is 0 Å². The Labute approximate surface area is 83.7 Å². The van der Waals surface area contributed by atoms with Gasteiger partial charge in [-0.05, 0) is 18.9 Å². The lowest BCUT2D eigenvalue weighted by Crippen LogP contribution is -2.19. The largest absolute Gasteiger partial charge is 0.432 e. The SMILES string of the molecule is OBO.c1cnc(N2CCCC2)nc1. The predicted molar refractivity (Wildman–Crippen MR) is 55.1 cm³/mol. The van der Waals surface area contributed by atoms with E-state index in [9.17, 15) is 0 Å². The second kappa shape index (κ2) is 6.34. The first-order valence-corrected chi connectivity index (χ1v) is 4.62. The Morgan fingerprint density at radius 1 is 1.14 bits per heavy atom. The Morgan fingerprint density at radius 3 is 2.14 bits per heavy atom. The molecule has 0 unspecified atom stereocenters. The summed E-state index contributed by atoms with van der Waals surface area (Å²) in [6, 6.07) is 1.85. The average Bonchev–Trinajstić information content (AvgIpc) is 2.73. The van der Waals surface area contributed by atoms with E-state index >= 15 is 0 Å². The molecule has 2 heterocycles. The number of anilines is 1. The molecule has 0 atom stereocenters. The van der Waals surface area contributed by atoms with Gasteiger partial charge in [-0.1, -0.05) is 0 Å². The summed E-state index contributed by atoms with van der Waals surface area (Å²) in [5.41, 5.74) is 0. The van der Waals surface area contributed by atoms with E-state index in [0.29, 0.717) is 0 Å². The third-order valence-electron chi connectivity index (χ3n) is 1.94. The number of aromatic nitrogens is 2. The van der Waals surface area contributed by atoms with Crippen molar-refractivity contribution < 1.29 is 10.0 Å². The fourth-order valence-corrected chi connectivity index (χ4v) is 1.37. The molecule has 1 saturated heterocycles. The zero-order valence-corrected chi connectivity index (χ0v) is 8.00. The Balaban J connectivity index is 0.000000293. The van der Waals surface area contributed by atoms with Crippen LogP contribution in [0.25, 0.3) is 0 Å². The van der Waals surface area contributed by atoms with Crippen LogP contribution in [0.4, 0.5) is 5.95 Å². The molecule has 1 aliphatic rings. The van der Waals surface area contributed by atoms with Gasteiger partial charge < -0.3 is 14.9 Å². The number of nitrogens with zero attached hydrogens (tertiary/aromatic N) is 3. The van der Waals surface area contributed by atoms with Crippen molar-refractivity contribution in [1.29, 1.82) is 0 Å². The maximum atomic E-state index is 7.12. The van der Waals surface area contributed by atoms with Gasteiger partial charge in [0.2, 0.25) is 5.95 Å². The van der Waals surface area contributed by atoms with Crippen LogP contribution in [0.1, 0.15) is 12.8 Å². The molecule has 1 fully saturated rings. The lowest BCUT2D eigenvalue weighted by Gasteiger charge is -2.13. The van der Waals surface area contributed by atoms with E-state index < -0.39 is 7.69 Å². The molecule has 0 amide bonds. The Morgan fingerprint density at radius 2 is 1.64 bits per heavy atom. The fourth-order valence-electron chi connectivity index (χ4n) is 1.37. The van der Waals surface area contributed by atoms with Crippen LogP contribution < -0.4 is 4.90 Å². The molecule has 1 aliphatic heterocycles. The lowest BCUT2D eigenvalue weighted by molar-refractivity contribution is 0.448. The second-order valence-corrected chi connectivity index (χ2v) is 2.88. The van der Waals surface area contributed by atoms with Crippen LogP contribution in [0.15, 0.2) is 18.5 Å². The Bertz CT molecular complexity index is 242. The van der Waals surface area contributed by atoms with Crippen LogP contribution in [0.5, 0.6) is 0 Å². The van der Waals surface area contributed by atoms with Gasteiger partial charge in [-0.15, -0.1) is 0 Å². The first-order chi connectivity index (χ1) is 6.88. The van der Waals surface area contributed by atoms with Gasteiger partial charge in [-0.3, -0.25) is 0 Å². The molecule has 1 aromatic heterocycles. The molecule has 2 rings (SSSR count). The maximum Gasteiger partial charge on any atom is 0.432 e. The zero-order valence-electron chi connectivity index (χ0n) is 8.00. The van der Waals surface area contributed by atoms with Gasteiger partial charge >= 0.3 is 7.69 Å². The van der Waals surface area contributed by atoms with Gasteiger partial charge in [0, 0.05) is 25.5 Å². The van der Waals surface area contributed by atoms with E-state index in [-0.39, 0.29) is 0 Å². The molecule has 0 saturated carbocycles. The van der Waals surface area contributed by atoms with Crippen molar-refractivity contribution in [3.8, 4) is 0 Å². The number of hydrogen-bond acceptors (Lipinski definition) is 5. The summed E-state index contributed by atoms with van der Waals surface area (Å²) in [5, 5.41) is 14.2. The minimum atomic E-state index is -0.750. The van der Waals surface area contributed by atoms with Crippen molar-refractivity contribution in [1.82, 2.24) is 9.97 Å². The molecule has 6 heteroatoms. The molecule has 0 bridgehead atoms. The molecule has 76 valence electrons. The van der Waals surface area contributed by atoms with Crippen LogP contribution >= 0.6 is 0 Å². The quantitative estimate of drug-likeness (QED) is 0.580. The minimum Gasteiger partial charge on any atom is -0.430 e. The zero-order chi connectivity index (χ0) is 10.2. The molecular formula is C8H14BN3O2. The fraction of sp³-hybridized carbons (Fsp3) is 0.500. The summed E-state index contributed by atoms with van der Waals surface area (Å²) in [4.78, 5) is 10.6. The van der Waals surface area contributed by atoms with Gasteiger partial charge in [0.25, 0.3) is 0 Å². The third-order valence-corrected chi connectivity index (χ3v) is 1.94. The average molecular weight is 195 g/mol. The molecule has 0 radical (unpaired) electrons. The summed E-state index contributed by atoms with van der Waals surface area (Å²) in [6.07, 6.45) is 6.14. The normalized spacial score (nSPS) is 14.6. The smallest absolute Gasteiger partial charge is 0.430 e. The summed E-state index contributed by atoms with van der Waals surface area (Å²) >= 11 is 0. The summed E-state index contributed by atoms with van der Waals surface area (Å²) in [5.74, 6) is 0.880. The van der Waals surface area contributed by atoms with Gasteiger partial charge in [0.05, 0.1) is 0 Å². The second-order valence-electron chi connectivity index (χ2n) is 2.88. The number of hydrogen-bond donors (Lipinski definition) is 2. The van der Waals surface area contributed by atoms with Crippen molar-refractivity contribution in [3.63, 3.8) is 0 Å². The Hall–Kier alpha value is -1.14. The first-order valence-electron chi connectivity index (χ1n) is 4.62. The molecular weight excluding hydrogens is 181 g/mol. The van der Waals surface area contributed by atoms with Gasteiger partial charge in [0.1, 0.15) is 0 Å². The highest BCUT2D eigenvalue weighted by molar-refractivity contribution is 6.13. The third kappa shape index (κ3) is 3.31. The molecule has 5 nitrogen and oxygen atoms in total. The minimum absolute atomic E-state index is 0.750. The van der Waals surface area contributed by atoms with E-state index in [2.05, 4.69) is 14.9 Å². The van der Waals surface area contributed by atoms with Gasteiger partial charge in [-0.2, -0.15) is 0 Å². The highest BCUT2D eigenvalue weighted by Crippen LogP contribution is 2.13. The molecule has 0 aromatic carbocycles. The van der Waals surface area contributed by atoms with Crippen LogP contribution in [0.2, 0.25) is 0 Å². The summed E-state index contributed by atoms with van der Waals surface area (Å²) < 4.78 is 0. The van der Waals surface area contributed by atoms with E-state index in [1.54, 1.807) is 12.4 Å². The van der Waals surface area contributed by atoms with Crippen molar-refractivity contribution in [2.75, 3.05) is 18.0 Å². The van der Waals surface area contributed by atoms with E-state index in [1.807, 2.05) is 6.07 Å². The molecule has 0 aliphatic carbocycles. The van der Waals surface area contributed by atoms with E-state index in [4.69, 9.17) is 10.0 Å². The monoisotopic (exact) mass is 195 g/mol. The van der Waals surface area contributed by atoms with E-state index in [0.717, 1.165) is 19.0 Å². The molecule has 14 heavy (non-hydrogen) atoms. The highest BCUT2D eigenvalue weighted by atomic mass is 16.4. The Kier molecular flexibility index (Phi) is 4.95. The van der Waals surface area contributed by atoms with Crippen molar-refractivity contribution in [3.05, 3.63) is 18.5 Å². The van der Waals surface area contributed by atoms with Crippen LogP contribution in [0, 0.1) is 0 Å². The van der Waals surface area contributed by atoms with Crippen molar-refractivity contribution in [2.45, 2.75) is 12.8 Å². The predicted octanol–water partition coefficient (Wildman–Crippen LogP) is -0.686. The van der Waals surface area contributed by atoms with Crippen molar-refractivity contribution >= 4 is 13.6 Å². The molecule has 0 spiro atoms. The van der Waals surface area contributed by atoms with Crippen LogP contribution in [-0.2, 0) is 0 Å². The molecule has 1 aromatic rings. The van der Waals surface area contributed by atoms with E-state index in [1.165, 1.54) is 12.8 Å². The summed E-state index contributed by atoms with van der Waals surface area (Å²) in [6.45, 7) is 2.23. The van der Waals surface area contributed by atoms with Gasteiger partial charge in [-0.25, -0.2) is 9.97 Å². The lowest BCUT2D eigenvalue weighted by atomic mass is 10.4. The highest BCUT2D eigenvalue weighted by Gasteiger charge is 2.13. The topological polar surface area (TPSA) is 69.5 Å². The number of rotatable bonds is 1.